The number of aryl methyl sites for hydroxylation is 2. The number of carbonyl (C=O) groups excluding carboxylic acids is 1. The van der Waals surface area contributed by atoms with Crippen molar-refractivity contribution in [3.05, 3.63) is 99.5 Å². The average Bonchev–Trinajstić information content (AvgIpc) is 3.37. The third-order valence-electron chi connectivity index (χ3n) is 6.36. The van der Waals surface area contributed by atoms with Gasteiger partial charge in [-0.2, -0.15) is 5.26 Å². The first-order valence-electron chi connectivity index (χ1n) is 12.0. The minimum Gasteiger partial charge on any atom is -0.322 e. The first kappa shape index (κ1) is 24.0. The van der Waals surface area contributed by atoms with E-state index in [2.05, 4.69) is 30.7 Å². The maximum Gasteiger partial charge on any atom is 0.255 e. The van der Waals surface area contributed by atoms with Gasteiger partial charge in [0.15, 0.2) is 0 Å². The lowest BCUT2D eigenvalue weighted by Crippen LogP contribution is -2.36. The molecule has 2 N–H and O–H groups in total. The molecule has 1 saturated heterocycles. The number of hydrogen-bond acceptors (Lipinski definition) is 3. The number of rotatable bonds is 8. The Balaban J connectivity index is 1.47. The van der Waals surface area contributed by atoms with Crippen molar-refractivity contribution >= 4 is 17.3 Å². The lowest BCUT2D eigenvalue weighted by Gasteiger charge is -2.18. The maximum absolute atomic E-state index is 13.0. The second-order valence-corrected chi connectivity index (χ2v) is 8.87. The van der Waals surface area contributed by atoms with E-state index in [1.54, 1.807) is 35.3 Å². The van der Waals surface area contributed by atoms with E-state index >= 15 is 0 Å². The molecule has 0 spiro atoms. The molecule has 0 saturated carbocycles. The summed E-state index contributed by atoms with van der Waals surface area (Å²) in [5.74, 6) is -0.169. The molecule has 3 aromatic rings. The monoisotopic (exact) mass is 468 g/mol. The van der Waals surface area contributed by atoms with Gasteiger partial charge in [-0.05, 0) is 91.4 Å². The van der Waals surface area contributed by atoms with Crippen LogP contribution in [0.3, 0.4) is 0 Å². The molecule has 1 aliphatic heterocycles. The van der Waals surface area contributed by atoms with Crippen LogP contribution >= 0.6 is 0 Å². The van der Waals surface area contributed by atoms with Gasteiger partial charge < -0.3 is 5.32 Å². The number of hydrazine groups is 2. The van der Waals surface area contributed by atoms with E-state index in [-0.39, 0.29) is 11.9 Å². The molecule has 1 aliphatic rings. The fourth-order valence-electron chi connectivity index (χ4n) is 4.48. The number of anilines is 2. The van der Waals surface area contributed by atoms with Gasteiger partial charge in [0.1, 0.15) is 11.7 Å². The van der Waals surface area contributed by atoms with Gasteiger partial charge in [-0.15, -0.1) is 5.01 Å². The lowest BCUT2D eigenvalue weighted by atomic mass is 10.0. The van der Waals surface area contributed by atoms with E-state index < -0.39 is 0 Å². The number of carbonyl (C=O) groups is 1. The standard InChI is InChI=1S/C28H29N5O2/c1-3-6-22-18-26(13-10-20(22)2)30-28(34)24-8-4-7-23(17-24)27-9-5-16-32(27)33(35)31-25-14-11-21(19-29)12-15-25/h4,7-8,10-15,17-18,27H,3,5-6,9,16H2,1-2H3,(H-,30,31,34,35)/p+1. The molecule has 4 rings (SSSR count). The summed E-state index contributed by atoms with van der Waals surface area (Å²) in [6, 6.07) is 22.2. The normalized spacial score (nSPS) is 14.9. The predicted molar refractivity (Wildman–Crippen MR) is 137 cm³/mol. The van der Waals surface area contributed by atoms with Crippen molar-refractivity contribution in [3.63, 3.8) is 0 Å². The van der Waals surface area contributed by atoms with Crippen LogP contribution in [0.15, 0.2) is 66.7 Å². The zero-order valence-corrected chi connectivity index (χ0v) is 20.1. The van der Waals surface area contributed by atoms with Gasteiger partial charge in [-0.1, -0.05) is 37.0 Å². The summed E-state index contributed by atoms with van der Waals surface area (Å²) in [6.07, 6.45) is 3.72. The van der Waals surface area contributed by atoms with Crippen molar-refractivity contribution in [1.29, 1.82) is 5.26 Å². The van der Waals surface area contributed by atoms with Crippen LogP contribution in [0.2, 0.25) is 0 Å². The Morgan fingerprint density at radius 3 is 2.63 bits per heavy atom. The number of nitroso groups, excluding NO2 is 1. The lowest BCUT2D eigenvalue weighted by molar-refractivity contribution is -0.689. The molecule has 1 fully saturated rings. The van der Waals surface area contributed by atoms with Crippen molar-refractivity contribution in [3.8, 4) is 6.07 Å². The van der Waals surface area contributed by atoms with E-state index in [4.69, 9.17) is 5.26 Å². The van der Waals surface area contributed by atoms with Crippen LogP contribution in [-0.2, 0) is 6.42 Å². The van der Waals surface area contributed by atoms with Crippen LogP contribution < -0.4 is 10.7 Å². The highest BCUT2D eigenvalue weighted by atomic mass is 16.4. The second kappa shape index (κ2) is 10.8. The van der Waals surface area contributed by atoms with Gasteiger partial charge in [0.2, 0.25) is 0 Å². The minimum atomic E-state index is -0.169. The molecule has 3 aromatic carbocycles. The molecule has 0 aliphatic carbocycles. The number of nitriles is 1. The summed E-state index contributed by atoms with van der Waals surface area (Å²) in [7, 11) is 0. The molecule has 35 heavy (non-hydrogen) atoms. The van der Waals surface area contributed by atoms with Gasteiger partial charge >= 0.3 is 0 Å². The zero-order valence-electron chi connectivity index (χ0n) is 20.1. The number of amides is 1. The Bertz CT molecular complexity index is 1260. The summed E-state index contributed by atoms with van der Waals surface area (Å²) in [6.45, 7) is 4.84. The largest absolute Gasteiger partial charge is 0.322 e. The Labute approximate surface area is 205 Å². The van der Waals surface area contributed by atoms with E-state index in [9.17, 15) is 9.70 Å². The number of nitrogens with one attached hydrogen (secondary N) is 2. The molecular weight excluding hydrogens is 438 g/mol. The smallest absolute Gasteiger partial charge is 0.255 e. The van der Waals surface area contributed by atoms with Crippen LogP contribution in [0.5, 0.6) is 0 Å². The van der Waals surface area contributed by atoms with E-state index in [0.717, 1.165) is 41.9 Å². The predicted octanol–water partition coefficient (Wildman–Crippen LogP) is 5.93. The highest BCUT2D eigenvalue weighted by Crippen LogP contribution is 2.32. The molecule has 1 atom stereocenters. The molecule has 1 heterocycles. The number of nitrogens with zero attached hydrogens (tertiary/aromatic N) is 3. The topological polar surface area (TPSA) is 88.2 Å². The second-order valence-electron chi connectivity index (χ2n) is 8.87. The van der Waals surface area contributed by atoms with Crippen molar-refractivity contribution in [2.45, 2.75) is 45.6 Å². The van der Waals surface area contributed by atoms with Crippen molar-refractivity contribution in [1.82, 2.24) is 5.01 Å². The molecule has 7 heteroatoms. The molecule has 0 aromatic heterocycles. The van der Waals surface area contributed by atoms with Crippen molar-refractivity contribution in [2.24, 2.45) is 0 Å². The molecule has 178 valence electrons. The molecular formula is C28H30N5O2+. The summed E-state index contributed by atoms with van der Waals surface area (Å²) in [5, 5.41) is 13.7. The van der Waals surface area contributed by atoms with Gasteiger partial charge in [-0.3, -0.25) is 4.79 Å². The summed E-state index contributed by atoms with van der Waals surface area (Å²) in [5.41, 5.74) is 8.72. The minimum absolute atomic E-state index is 0.137. The first-order valence-corrected chi connectivity index (χ1v) is 12.0. The molecule has 0 radical (unpaired) electrons. The van der Waals surface area contributed by atoms with Crippen LogP contribution in [0, 0.1) is 23.2 Å². The van der Waals surface area contributed by atoms with Gasteiger partial charge in [0.25, 0.3) is 10.9 Å². The van der Waals surface area contributed by atoms with Crippen LogP contribution in [0.25, 0.3) is 0 Å². The fourth-order valence-corrected chi connectivity index (χ4v) is 4.48. The average molecular weight is 469 g/mol. The molecule has 7 nitrogen and oxygen atoms in total. The quantitative estimate of drug-likeness (QED) is 0.316. The van der Waals surface area contributed by atoms with Crippen LogP contribution in [-0.4, -0.2) is 22.4 Å². The third kappa shape index (κ3) is 5.67. The van der Waals surface area contributed by atoms with E-state index in [0.29, 0.717) is 23.4 Å². The van der Waals surface area contributed by atoms with Crippen LogP contribution in [0.4, 0.5) is 11.4 Å². The number of hydrogen-bond donors (Lipinski definition) is 2. The Morgan fingerprint density at radius 1 is 1.11 bits per heavy atom. The highest BCUT2D eigenvalue weighted by molar-refractivity contribution is 6.04. The summed E-state index contributed by atoms with van der Waals surface area (Å²) >= 11 is 0. The summed E-state index contributed by atoms with van der Waals surface area (Å²) < 4.78 is 0. The Morgan fingerprint density at radius 2 is 1.89 bits per heavy atom. The van der Waals surface area contributed by atoms with Crippen LogP contribution in [0.1, 0.15) is 64.8 Å². The van der Waals surface area contributed by atoms with E-state index in [1.807, 2.05) is 36.4 Å². The molecule has 0 bridgehead atoms. The van der Waals surface area contributed by atoms with Gasteiger partial charge in [0.05, 0.1) is 23.1 Å². The maximum atomic E-state index is 13.0. The van der Waals surface area contributed by atoms with Crippen molar-refractivity contribution < 1.29 is 9.77 Å². The fraction of sp³-hybridized carbons (Fsp3) is 0.286. The SMILES string of the molecule is CCCc1cc(NC(=O)c2cccc(C3CCCN3[N+](=O)Nc3ccc(C#N)cc3)c2)ccc1C. The zero-order chi connectivity index (χ0) is 24.8. The van der Waals surface area contributed by atoms with Crippen molar-refractivity contribution in [2.75, 3.05) is 17.3 Å². The Hall–Kier alpha value is -4.18. The summed E-state index contributed by atoms with van der Waals surface area (Å²) in [4.78, 5) is 26.7. The highest BCUT2D eigenvalue weighted by Gasteiger charge is 2.37. The Kier molecular flexibility index (Phi) is 7.41. The number of benzene rings is 3. The third-order valence-corrected chi connectivity index (χ3v) is 6.36. The molecule has 1 unspecified atom stereocenters. The molecule has 1 amide bonds. The first-order chi connectivity index (χ1) is 17.0. The van der Waals surface area contributed by atoms with E-state index in [1.165, 1.54) is 11.1 Å². The van der Waals surface area contributed by atoms with Gasteiger partial charge in [-0.25, -0.2) is 0 Å². The van der Waals surface area contributed by atoms with Gasteiger partial charge in [0, 0.05) is 11.3 Å².